The molecule has 0 spiro atoms. The molecule has 2 rings (SSSR count). The van der Waals surface area contributed by atoms with E-state index in [0.29, 0.717) is 18.0 Å². The lowest BCUT2D eigenvalue weighted by Crippen LogP contribution is -2.37. The average Bonchev–Trinajstić information content (AvgIpc) is 2.97. The van der Waals surface area contributed by atoms with E-state index < -0.39 is 17.7 Å². The summed E-state index contributed by atoms with van der Waals surface area (Å²) in [5.74, 6) is -0.856. The Morgan fingerprint density at radius 1 is 1.33 bits per heavy atom. The molecule has 0 saturated heterocycles. The number of rotatable bonds is 5. The minimum Gasteiger partial charge on any atom is -0.455 e. The van der Waals surface area contributed by atoms with Crippen molar-refractivity contribution in [2.45, 2.75) is 45.3 Å². The summed E-state index contributed by atoms with van der Waals surface area (Å²) in [4.78, 5) is 29.0. The molecule has 0 fully saturated rings. The lowest BCUT2D eigenvalue weighted by atomic mass is 10.1. The molecule has 1 amide bonds. The summed E-state index contributed by atoms with van der Waals surface area (Å²) in [5.41, 5.74) is 0.582. The number of amides is 1. The summed E-state index contributed by atoms with van der Waals surface area (Å²) < 4.78 is 5.21. The van der Waals surface area contributed by atoms with Gasteiger partial charge in [-0.25, -0.2) is 4.79 Å². The van der Waals surface area contributed by atoms with Gasteiger partial charge in [0.1, 0.15) is 5.60 Å². The number of carbonyl (C=O) groups is 2. The van der Waals surface area contributed by atoms with E-state index in [-0.39, 0.29) is 18.0 Å². The molecule has 24 heavy (non-hydrogen) atoms. The van der Waals surface area contributed by atoms with Crippen LogP contribution in [0.3, 0.4) is 0 Å². The third-order valence-corrected chi connectivity index (χ3v) is 3.47. The molecule has 0 aliphatic carbocycles. The van der Waals surface area contributed by atoms with Crippen molar-refractivity contribution >= 4 is 29.2 Å². The van der Waals surface area contributed by atoms with E-state index in [2.05, 4.69) is 10.5 Å². The highest BCUT2D eigenvalue weighted by Gasteiger charge is 2.33. The van der Waals surface area contributed by atoms with Crippen LogP contribution in [-0.2, 0) is 25.6 Å². The molecule has 130 valence electrons. The fourth-order valence-corrected chi connectivity index (χ4v) is 2.20. The van der Waals surface area contributed by atoms with E-state index in [1.165, 1.54) is 0 Å². The lowest BCUT2D eigenvalue weighted by molar-refractivity contribution is -0.146. The van der Waals surface area contributed by atoms with Crippen LogP contribution in [0.15, 0.2) is 29.4 Å². The molecular weight excluding hydrogens is 332 g/mol. The number of hydrogen-bond donors (Lipinski definition) is 1. The van der Waals surface area contributed by atoms with Crippen molar-refractivity contribution in [3.8, 4) is 0 Å². The van der Waals surface area contributed by atoms with Gasteiger partial charge in [0.05, 0.1) is 0 Å². The zero-order valence-electron chi connectivity index (χ0n) is 14.0. The van der Waals surface area contributed by atoms with Gasteiger partial charge in [0, 0.05) is 18.0 Å². The zero-order chi connectivity index (χ0) is 17.7. The smallest absolute Gasteiger partial charge is 0.356 e. The van der Waals surface area contributed by atoms with Crippen molar-refractivity contribution in [1.82, 2.24) is 5.32 Å². The van der Waals surface area contributed by atoms with Crippen LogP contribution in [0.25, 0.3) is 0 Å². The van der Waals surface area contributed by atoms with Crippen LogP contribution >= 0.6 is 11.6 Å². The molecule has 1 N–H and O–H groups in total. The van der Waals surface area contributed by atoms with Crippen molar-refractivity contribution in [3.63, 3.8) is 0 Å². The SMILES string of the molecule is CC(C)(C)OC(=O)C1=NO[C@@H](C(=O)NCCc2ccc(Cl)cc2)C1. The number of esters is 1. The minimum atomic E-state index is -0.794. The monoisotopic (exact) mass is 352 g/mol. The lowest BCUT2D eigenvalue weighted by Gasteiger charge is -2.18. The molecule has 0 aromatic heterocycles. The van der Waals surface area contributed by atoms with Crippen molar-refractivity contribution in [1.29, 1.82) is 0 Å². The highest BCUT2D eigenvalue weighted by molar-refractivity contribution is 6.37. The van der Waals surface area contributed by atoms with Gasteiger partial charge >= 0.3 is 5.97 Å². The molecule has 6 nitrogen and oxygen atoms in total. The van der Waals surface area contributed by atoms with Gasteiger partial charge in [-0.2, -0.15) is 0 Å². The van der Waals surface area contributed by atoms with E-state index in [0.717, 1.165) is 5.56 Å². The Hall–Kier alpha value is -2.08. The second kappa shape index (κ2) is 7.66. The molecule has 7 heteroatoms. The molecule has 0 bridgehead atoms. The maximum absolute atomic E-state index is 12.1. The van der Waals surface area contributed by atoms with Gasteiger partial charge in [0.2, 0.25) is 6.10 Å². The van der Waals surface area contributed by atoms with Crippen LogP contribution < -0.4 is 5.32 Å². The Bertz CT molecular complexity index is 635. The number of nitrogens with zero attached hydrogens (tertiary/aromatic N) is 1. The van der Waals surface area contributed by atoms with Crippen molar-refractivity contribution in [2.75, 3.05) is 6.54 Å². The third kappa shape index (κ3) is 5.53. The molecule has 1 aromatic rings. The third-order valence-electron chi connectivity index (χ3n) is 3.22. The number of nitrogens with one attached hydrogen (secondary N) is 1. The van der Waals surface area contributed by atoms with Gasteiger partial charge in [0.25, 0.3) is 5.91 Å². The van der Waals surface area contributed by atoms with Gasteiger partial charge < -0.3 is 14.9 Å². The van der Waals surface area contributed by atoms with Crippen LogP contribution in [0.4, 0.5) is 0 Å². The Kier molecular flexibility index (Phi) is 5.83. The normalized spacial score (nSPS) is 17.0. The van der Waals surface area contributed by atoms with Gasteiger partial charge in [-0.1, -0.05) is 28.9 Å². The molecule has 0 saturated carbocycles. The van der Waals surface area contributed by atoms with Gasteiger partial charge in [-0.15, -0.1) is 0 Å². The zero-order valence-corrected chi connectivity index (χ0v) is 14.7. The second-order valence-corrected chi connectivity index (χ2v) is 6.94. The molecule has 1 aliphatic heterocycles. The summed E-state index contributed by atoms with van der Waals surface area (Å²) in [6.07, 6.45) is -0.00497. The number of hydrogen-bond acceptors (Lipinski definition) is 5. The van der Waals surface area contributed by atoms with Gasteiger partial charge in [0.15, 0.2) is 5.71 Å². The van der Waals surface area contributed by atoms with Crippen LogP contribution in [0.1, 0.15) is 32.8 Å². The topological polar surface area (TPSA) is 77.0 Å². The number of ether oxygens (including phenoxy) is 1. The average molecular weight is 353 g/mol. The number of oxime groups is 1. The Balaban J connectivity index is 1.75. The van der Waals surface area contributed by atoms with Crippen LogP contribution in [-0.4, -0.2) is 35.8 Å². The number of halogens is 1. The first-order valence-corrected chi connectivity index (χ1v) is 8.10. The summed E-state index contributed by atoms with van der Waals surface area (Å²) in [6.45, 7) is 5.76. The molecule has 1 atom stereocenters. The highest BCUT2D eigenvalue weighted by Crippen LogP contribution is 2.15. The molecule has 1 heterocycles. The summed E-state index contributed by atoms with van der Waals surface area (Å²) >= 11 is 5.82. The van der Waals surface area contributed by atoms with Crippen LogP contribution in [0.5, 0.6) is 0 Å². The Morgan fingerprint density at radius 3 is 2.62 bits per heavy atom. The van der Waals surface area contributed by atoms with E-state index in [1.54, 1.807) is 32.9 Å². The number of benzene rings is 1. The summed E-state index contributed by atoms with van der Waals surface area (Å²) in [5, 5.41) is 7.11. The van der Waals surface area contributed by atoms with Crippen LogP contribution in [0.2, 0.25) is 5.02 Å². The summed E-state index contributed by atoms with van der Waals surface area (Å²) in [7, 11) is 0. The Labute approximate surface area is 146 Å². The minimum absolute atomic E-state index is 0.113. The van der Waals surface area contributed by atoms with Gasteiger partial charge in [-0.3, -0.25) is 4.79 Å². The highest BCUT2D eigenvalue weighted by atomic mass is 35.5. The van der Waals surface area contributed by atoms with Crippen LogP contribution in [0, 0.1) is 0 Å². The van der Waals surface area contributed by atoms with Crippen molar-refractivity contribution < 1.29 is 19.2 Å². The molecule has 1 aliphatic rings. The fourth-order valence-electron chi connectivity index (χ4n) is 2.07. The predicted octanol–water partition coefficient (Wildman–Crippen LogP) is 2.49. The predicted molar refractivity (Wildman–Crippen MR) is 90.9 cm³/mol. The first-order valence-electron chi connectivity index (χ1n) is 7.73. The fraction of sp³-hybridized carbons (Fsp3) is 0.471. The van der Waals surface area contributed by atoms with E-state index in [9.17, 15) is 9.59 Å². The first-order chi connectivity index (χ1) is 11.2. The van der Waals surface area contributed by atoms with Gasteiger partial charge in [-0.05, 0) is 44.9 Å². The van der Waals surface area contributed by atoms with E-state index in [4.69, 9.17) is 21.2 Å². The first kappa shape index (κ1) is 18.3. The second-order valence-electron chi connectivity index (χ2n) is 6.51. The van der Waals surface area contributed by atoms with Crippen molar-refractivity contribution in [3.05, 3.63) is 34.9 Å². The van der Waals surface area contributed by atoms with Crippen molar-refractivity contribution in [2.24, 2.45) is 5.16 Å². The molecule has 0 unspecified atom stereocenters. The molecule has 1 aromatic carbocycles. The van der Waals surface area contributed by atoms with E-state index >= 15 is 0 Å². The Morgan fingerprint density at radius 2 is 2.00 bits per heavy atom. The largest absolute Gasteiger partial charge is 0.455 e. The number of carbonyl (C=O) groups excluding carboxylic acids is 2. The standard InChI is InChI=1S/C17H21ClN2O4/c1-17(2,3)23-16(22)13-10-14(24-20-13)15(21)19-9-8-11-4-6-12(18)7-5-11/h4-7,14H,8-10H2,1-3H3,(H,19,21)/t14-/m1/s1. The van der Waals surface area contributed by atoms with E-state index in [1.807, 2.05) is 12.1 Å². The molecule has 0 radical (unpaired) electrons. The quantitative estimate of drug-likeness (QED) is 0.826. The molecular formula is C17H21ClN2O4. The maximum atomic E-state index is 12.1. The maximum Gasteiger partial charge on any atom is 0.356 e. The summed E-state index contributed by atoms with van der Waals surface area (Å²) in [6, 6.07) is 7.42.